The van der Waals surface area contributed by atoms with E-state index in [-0.39, 0.29) is 36.1 Å². The molecule has 4 aromatic heterocycles. The van der Waals surface area contributed by atoms with Crippen molar-refractivity contribution in [3.8, 4) is 11.5 Å². The molecule has 7 N–H and O–H groups in total. The Labute approximate surface area is 333 Å². The molecule has 0 aliphatic carbocycles. The third-order valence-corrected chi connectivity index (χ3v) is 9.29. The molecular weight excluding hydrogens is 747 g/mol. The number of hydrogen-bond acceptors (Lipinski definition) is 11. The maximum absolute atomic E-state index is 13.7. The summed E-state index contributed by atoms with van der Waals surface area (Å²) in [6, 6.07) is 9.55. The number of primary amides is 2. The van der Waals surface area contributed by atoms with E-state index in [0.717, 1.165) is 0 Å². The molecule has 6 rings (SSSR count). The third-order valence-electron chi connectivity index (χ3n) is 9.29. The molecule has 0 aliphatic rings. The van der Waals surface area contributed by atoms with E-state index in [1.807, 2.05) is 33.0 Å². The molecule has 0 saturated carbocycles. The molecular formula is C39H47N13O6. The number of anilines is 2. The lowest BCUT2D eigenvalue weighted by Gasteiger charge is -2.13. The number of aryl methyl sites for hydroxylation is 4. The summed E-state index contributed by atoms with van der Waals surface area (Å²) in [5, 5.41) is 17.7. The Morgan fingerprint density at radius 1 is 0.724 bits per heavy atom. The van der Waals surface area contributed by atoms with Gasteiger partial charge in [0.1, 0.15) is 33.9 Å². The molecule has 0 bridgehead atoms. The smallest absolute Gasteiger partial charge is 0.276 e. The zero-order valence-electron chi connectivity index (χ0n) is 33.3. The van der Waals surface area contributed by atoms with Gasteiger partial charge in [-0.1, -0.05) is 12.2 Å². The van der Waals surface area contributed by atoms with Crippen LogP contribution >= 0.6 is 0 Å². The highest BCUT2D eigenvalue weighted by atomic mass is 16.5. The molecule has 19 heteroatoms. The van der Waals surface area contributed by atoms with Gasteiger partial charge in [0.2, 0.25) is 23.7 Å². The van der Waals surface area contributed by atoms with Gasteiger partial charge in [-0.25, -0.2) is 9.97 Å². The minimum atomic E-state index is -0.666. The van der Waals surface area contributed by atoms with Gasteiger partial charge in [0, 0.05) is 37.3 Å². The first-order valence-corrected chi connectivity index (χ1v) is 18.7. The number of nitrogens with one attached hydrogen (secondary N) is 3. The average molecular weight is 794 g/mol. The maximum atomic E-state index is 13.7. The summed E-state index contributed by atoms with van der Waals surface area (Å²) < 4.78 is 18.6. The van der Waals surface area contributed by atoms with Gasteiger partial charge in [0.15, 0.2) is 0 Å². The summed E-state index contributed by atoms with van der Waals surface area (Å²) >= 11 is 0. The van der Waals surface area contributed by atoms with Crippen LogP contribution in [0, 0.1) is 13.8 Å². The van der Waals surface area contributed by atoms with Gasteiger partial charge in [-0.3, -0.25) is 39.2 Å². The lowest BCUT2D eigenvalue weighted by Crippen LogP contribution is -2.20. The number of benzene rings is 2. The summed E-state index contributed by atoms with van der Waals surface area (Å²) in [6.07, 6.45) is 4.37. The van der Waals surface area contributed by atoms with Gasteiger partial charge in [-0.2, -0.15) is 10.2 Å². The monoisotopic (exact) mass is 793 g/mol. The van der Waals surface area contributed by atoms with Crippen LogP contribution in [0.3, 0.4) is 0 Å². The minimum absolute atomic E-state index is 0.174. The van der Waals surface area contributed by atoms with E-state index in [9.17, 15) is 19.2 Å². The number of ether oxygens (including phenoxy) is 2. The second kappa shape index (κ2) is 17.4. The van der Waals surface area contributed by atoms with E-state index in [4.69, 9.17) is 25.9 Å². The molecule has 4 heterocycles. The topological polar surface area (TPSA) is 246 Å². The Morgan fingerprint density at radius 3 is 1.62 bits per heavy atom. The second-order valence-corrected chi connectivity index (χ2v) is 13.4. The predicted molar refractivity (Wildman–Crippen MR) is 217 cm³/mol. The first kappa shape index (κ1) is 40.6. The fourth-order valence-corrected chi connectivity index (χ4v) is 6.62. The van der Waals surface area contributed by atoms with Crippen LogP contribution < -0.4 is 36.9 Å². The Kier molecular flexibility index (Phi) is 12.2. The van der Waals surface area contributed by atoms with Crippen LogP contribution in [0.1, 0.15) is 73.3 Å². The van der Waals surface area contributed by atoms with E-state index < -0.39 is 23.6 Å². The summed E-state index contributed by atoms with van der Waals surface area (Å²) in [7, 11) is 3.30. The normalized spacial score (nSPS) is 11.5. The number of hydrogen-bond donors (Lipinski definition) is 5. The van der Waals surface area contributed by atoms with E-state index in [1.54, 1.807) is 56.6 Å². The molecule has 0 spiro atoms. The van der Waals surface area contributed by atoms with Gasteiger partial charge in [-0.05, 0) is 84.1 Å². The second-order valence-electron chi connectivity index (χ2n) is 13.4. The number of imidazole rings is 2. The molecule has 0 saturated heterocycles. The minimum Gasteiger partial charge on any atom is -0.494 e. The highest BCUT2D eigenvalue weighted by Gasteiger charge is 2.23. The highest BCUT2D eigenvalue weighted by Crippen LogP contribution is 2.33. The van der Waals surface area contributed by atoms with Gasteiger partial charge in [-0.15, -0.1) is 0 Å². The van der Waals surface area contributed by atoms with Crippen LogP contribution in [-0.2, 0) is 26.2 Å². The van der Waals surface area contributed by atoms with Crippen LogP contribution in [-0.4, -0.2) is 89.6 Å². The number of carbonyl (C=O) groups is 4. The van der Waals surface area contributed by atoms with Crippen molar-refractivity contribution in [3.63, 3.8) is 0 Å². The third kappa shape index (κ3) is 8.38. The quantitative estimate of drug-likeness (QED) is 0.0624. The van der Waals surface area contributed by atoms with Gasteiger partial charge in [0.05, 0.1) is 36.1 Å². The Bertz CT molecular complexity index is 2560. The van der Waals surface area contributed by atoms with E-state index in [0.29, 0.717) is 89.0 Å². The molecule has 0 radical (unpaired) electrons. The first-order chi connectivity index (χ1) is 27.9. The zero-order valence-corrected chi connectivity index (χ0v) is 33.3. The number of carbonyl (C=O) groups excluding carboxylic acids is 4. The lowest BCUT2D eigenvalue weighted by molar-refractivity contribution is 0.0991. The fraction of sp³-hybridized carbons (Fsp3) is 0.333. The average Bonchev–Trinajstić information content (AvgIpc) is 3.96. The lowest BCUT2D eigenvalue weighted by atomic mass is 10.1. The van der Waals surface area contributed by atoms with E-state index >= 15 is 0 Å². The van der Waals surface area contributed by atoms with Gasteiger partial charge < -0.3 is 35.4 Å². The number of amides is 4. The van der Waals surface area contributed by atoms with E-state index in [1.165, 1.54) is 19.2 Å². The number of rotatable bonds is 18. The number of methoxy groups -OCH3 is 1. The zero-order chi connectivity index (χ0) is 41.7. The molecule has 0 aliphatic heterocycles. The van der Waals surface area contributed by atoms with Gasteiger partial charge >= 0.3 is 0 Å². The molecule has 58 heavy (non-hydrogen) atoms. The Balaban J connectivity index is 1.41. The van der Waals surface area contributed by atoms with Crippen molar-refractivity contribution >= 4 is 57.6 Å². The van der Waals surface area contributed by atoms with Crippen molar-refractivity contribution in [2.45, 2.75) is 60.3 Å². The molecule has 4 amide bonds. The van der Waals surface area contributed by atoms with Crippen molar-refractivity contribution in [1.82, 2.24) is 44.0 Å². The predicted octanol–water partition coefficient (Wildman–Crippen LogP) is 3.39. The van der Waals surface area contributed by atoms with Crippen LogP contribution in [0.25, 0.3) is 22.1 Å². The van der Waals surface area contributed by atoms with Crippen LogP contribution in [0.15, 0.2) is 48.6 Å². The van der Waals surface area contributed by atoms with Gasteiger partial charge in [0.25, 0.3) is 11.8 Å². The Morgan fingerprint density at radius 2 is 1.19 bits per heavy atom. The van der Waals surface area contributed by atoms with Crippen molar-refractivity contribution in [1.29, 1.82) is 0 Å². The van der Waals surface area contributed by atoms with E-state index in [2.05, 4.69) is 31.1 Å². The number of fused-ring (bicyclic) bond motifs is 2. The molecule has 6 aromatic rings. The molecule has 0 unspecified atom stereocenters. The molecule has 304 valence electrons. The fourth-order valence-electron chi connectivity index (χ4n) is 6.62. The highest BCUT2D eigenvalue weighted by molar-refractivity contribution is 6.05. The summed E-state index contributed by atoms with van der Waals surface area (Å²) in [5.41, 5.74) is 15.6. The molecule has 2 aromatic carbocycles. The van der Waals surface area contributed by atoms with Crippen molar-refractivity contribution in [2.24, 2.45) is 11.5 Å². The van der Waals surface area contributed by atoms with Crippen molar-refractivity contribution in [2.75, 3.05) is 37.9 Å². The van der Waals surface area contributed by atoms with Crippen molar-refractivity contribution in [3.05, 3.63) is 82.5 Å². The van der Waals surface area contributed by atoms with Crippen LogP contribution in [0.5, 0.6) is 11.5 Å². The number of nitrogens with two attached hydrogens (primary N) is 2. The SMILES string of the molecule is CCn1nc(C)cc1C(=O)Nc1nc2cc(C(N)=O)cc(OC)c2n1C/C=C/Cn1c(NC(=O)c2cc(C)nn2CC)nc2cc(C(N)=O)cc(OCCCNC)c21. The molecule has 19 nitrogen and oxygen atoms in total. The summed E-state index contributed by atoms with van der Waals surface area (Å²) in [6.45, 7) is 9.72. The van der Waals surface area contributed by atoms with Crippen LogP contribution in [0.2, 0.25) is 0 Å². The number of allylic oxidation sites excluding steroid dienone is 2. The molecule has 0 fully saturated rings. The largest absolute Gasteiger partial charge is 0.494 e. The number of nitrogens with zero attached hydrogens (tertiary/aromatic N) is 8. The van der Waals surface area contributed by atoms with Crippen LogP contribution in [0.4, 0.5) is 11.9 Å². The summed E-state index contributed by atoms with van der Waals surface area (Å²) in [5.74, 6) is -1.13. The number of aromatic nitrogens is 8. The first-order valence-electron chi connectivity index (χ1n) is 18.7. The van der Waals surface area contributed by atoms with Crippen molar-refractivity contribution < 1.29 is 28.7 Å². The maximum Gasteiger partial charge on any atom is 0.276 e. The summed E-state index contributed by atoms with van der Waals surface area (Å²) in [4.78, 5) is 61.3. The Hall–Kier alpha value is -7.02. The standard InChI is InChI=1S/C39H47N13O6/c1-7-51-28(16-22(3)47-51)36(55)45-38-43-26-18-24(34(40)53)20-30(57-6)32(26)49(38)13-9-10-14-50-33-27(19-25(35(41)54)21-31(33)58-15-11-12-42-5)44-39(50)46-37(56)29-17-23(4)48-52(29)8-2/h9-10,16-21,42H,7-8,11-15H2,1-6H3,(H2,40,53)(H2,41,54)(H,43,45,55)(H,44,46,56)/b10-9+. The molecule has 0 atom stereocenters.